The predicted octanol–water partition coefficient (Wildman–Crippen LogP) is 8.16. The molecule has 0 fully saturated rings. The summed E-state index contributed by atoms with van der Waals surface area (Å²) in [6.45, 7) is 2.63. The highest BCUT2D eigenvalue weighted by molar-refractivity contribution is 7.25. The van der Waals surface area contributed by atoms with Gasteiger partial charge in [0.15, 0.2) is 0 Å². The molecule has 0 amide bonds. The monoisotopic (exact) mass is 532 g/mol. The molecule has 1 unspecified atom stereocenters. The minimum Gasteiger partial charge on any atom is -0.370 e. The Morgan fingerprint density at radius 2 is 1.38 bits per heavy atom. The van der Waals surface area contributed by atoms with Crippen LogP contribution in [0.3, 0.4) is 0 Å². The molecular weight excluding hydrogens is 506 g/mol. The molecule has 1 aromatic heterocycles. The fourth-order valence-electron chi connectivity index (χ4n) is 6.96. The first-order valence-electron chi connectivity index (χ1n) is 14.1. The Hall–Kier alpha value is -4.35. The van der Waals surface area contributed by atoms with Crippen molar-refractivity contribution in [3.05, 3.63) is 133 Å². The molecule has 3 aromatic carbocycles. The summed E-state index contributed by atoms with van der Waals surface area (Å²) in [6, 6.07) is 22.7. The van der Waals surface area contributed by atoms with Crippen LogP contribution in [-0.2, 0) is 0 Å². The summed E-state index contributed by atoms with van der Waals surface area (Å²) in [5, 5.41) is 2.65. The van der Waals surface area contributed by atoms with Gasteiger partial charge in [0.1, 0.15) is 0 Å². The van der Waals surface area contributed by atoms with Crippen LogP contribution in [0.2, 0.25) is 0 Å². The van der Waals surface area contributed by atoms with Gasteiger partial charge < -0.3 is 19.2 Å². The standard InChI is InChI=1S/C33H26B2N4S/c1-23-10-13-30-31(20-23)37-19-7-5-17-35(37)39(30)25-12-15-33-27(22-25)26-21-24(11-14-32(26)40-33)38-29-9-3-2-8-28(29)36-18-6-4-16-34(36)38/h2-19,21-23H,20H2,1H3. The van der Waals surface area contributed by atoms with E-state index in [1.165, 1.54) is 54.3 Å². The van der Waals surface area contributed by atoms with Gasteiger partial charge in [-0.2, -0.15) is 0 Å². The van der Waals surface area contributed by atoms with E-state index >= 15 is 0 Å². The number of benzene rings is 3. The van der Waals surface area contributed by atoms with Crippen LogP contribution in [0, 0.1) is 5.92 Å². The van der Waals surface area contributed by atoms with E-state index in [0.29, 0.717) is 5.92 Å². The van der Waals surface area contributed by atoms with Gasteiger partial charge in [-0.25, -0.2) is 0 Å². The van der Waals surface area contributed by atoms with Crippen LogP contribution in [0.4, 0.5) is 22.7 Å². The van der Waals surface area contributed by atoms with Gasteiger partial charge in [-0.3, -0.25) is 0 Å². The highest BCUT2D eigenvalue weighted by Crippen LogP contribution is 2.47. The highest BCUT2D eigenvalue weighted by Gasteiger charge is 2.42. The van der Waals surface area contributed by atoms with Crippen LogP contribution >= 0.6 is 11.3 Å². The highest BCUT2D eigenvalue weighted by atomic mass is 32.1. The van der Waals surface area contributed by atoms with E-state index in [1.54, 1.807) is 0 Å². The minimum absolute atomic E-state index is 0.146. The zero-order valence-electron chi connectivity index (χ0n) is 22.2. The quantitative estimate of drug-likeness (QED) is 0.242. The molecule has 40 heavy (non-hydrogen) atoms. The minimum atomic E-state index is 0.146. The van der Waals surface area contributed by atoms with Crippen molar-refractivity contribution < 1.29 is 0 Å². The molecular formula is C33H26B2N4S. The van der Waals surface area contributed by atoms with Gasteiger partial charge in [-0.05, 0) is 91.5 Å². The van der Waals surface area contributed by atoms with Crippen LogP contribution in [-0.4, -0.2) is 18.8 Å². The molecule has 5 aliphatic rings. The SMILES string of the molecule is CC1C=CC2=C(C1)N1C=CC=CB1N2c1ccc2sc3ccc(N4B5C=CC=CN5c5ccccc54)cc3c2c1. The normalized spacial score (nSPS) is 20.4. The first-order chi connectivity index (χ1) is 19.7. The molecule has 4 aromatic rings. The van der Waals surface area contributed by atoms with Crippen molar-refractivity contribution in [3.8, 4) is 0 Å². The topological polar surface area (TPSA) is 13.0 Å². The second kappa shape index (κ2) is 8.33. The van der Waals surface area contributed by atoms with Gasteiger partial charge in [0.05, 0.1) is 11.4 Å². The predicted molar refractivity (Wildman–Crippen MR) is 173 cm³/mol. The Balaban J connectivity index is 1.18. The largest absolute Gasteiger partial charge is 0.412 e. The van der Waals surface area contributed by atoms with Gasteiger partial charge in [0, 0.05) is 42.9 Å². The molecule has 0 saturated heterocycles. The summed E-state index contributed by atoms with van der Waals surface area (Å²) in [6.07, 6.45) is 18.8. The maximum atomic E-state index is 2.51. The van der Waals surface area contributed by atoms with Gasteiger partial charge in [-0.1, -0.05) is 49.2 Å². The summed E-state index contributed by atoms with van der Waals surface area (Å²) in [7, 11) is 0. The fourth-order valence-corrected chi connectivity index (χ4v) is 8.03. The van der Waals surface area contributed by atoms with Crippen LogP contribution in [0.1, 0.15) is 13.3 Å². The maximum Gasteiger partial charge on any atom is 0.412 e. The van der Waals surface area contributed by atoms with Crippen molar-refractivity contribution in [1.82, 2.24) is 4.81 Å². The van der Waals surface area contributed by atoms with E-state index in [1.807, 2.05) is 11.3 Å². The average molecular weight is 532 g/mol. The van der Waals surface area contributed by atoms with E-state index in [2.05, 4.69) is 148 Å². The van der Waals surface area contributed by atoms with Crippen LogP contribution in [0.25, 0.3) is 20.2 Å². The van der Waals surface area contributed by atoms with E-state index in [0.717, 1.165) is 6.42 Å². The maximum absolute atomic E-state index is 2.51. The third kappa shape index (κ3) is 3.10. The number of allylic oxidation sites excluding steroid dienone is 7. The zero-order valence-corrected chi connectivity index (χ0v) is 23.0. The van der Waals surface area contributed by atoms with E-state index < -0.39 is 0 Å². The number of fused-ring (bicyclic) bond motifs is 8. The molecule has 9 rings (SSSR count). The van der Waals surface area contributed by atoms with Gasteiger partial charge >= 0.3 is 14.0 Å². The van der Waals surface area contributed by atoms with Crippen molar-refractivity contribution in [2.24, 2.45) is 5.92 Å². The molecule has 4 nitrogen and oxygen atoms in total. The van der Waals surface area contributed by atoms with E-state index in [4.69, 9.17) is 0 Å². The molecule has 0 bridgehead atoms. The van der Waals surface area contributed by atoms with Crippen LogP contribution < -0.4 is 14.4 Å². The second-order valence-electron chi connectivity index (χ2n) is 11.2. The summed E-state index contributed by atoms with van der Waals surface area (Å²) >= 11 is 1.88. The van der Waals surface area contributed by atoms with Crippen LogP contribution in [0.15, 0.2) is 133 Å². The summed E-state index contributed by atoms with van der Waals surface area (Å²) < 4.78 is 2.66. The lowest BCUT2D eigenvalue weighted by Crippen LogP contribution is -2.42. The third-order valence-corrected chi connectivity index (χ3v) is 9.91. The second-order valence-corrected chi connectivity index (χ2v) is 12.2. The number of nitrogens with zero attached hydrogens (tertiary/aromatic N) is 4. The Morgan fingerprint density at radius 1 is 0.725 bits per heavy atom. The van der Waals surface area contributed by atoms with Crippen LogP contribution in [0.5, 0.6) is 0 Å². The first-order valence-corrected chi connectivity index (χ1v) is 14.9. The number of rotatable bonds is 2. The number of para-hydroxylation sites is 2. The lowest BCUT2D eigenvalue weighted by Gasteiger charge is -2.28. The summed E-state index contributed by atoms with van der Waals surface area (Å²) in [4.78, 5) is 9.79. The molecule has 190 valence electrons. The Bertz CT molecular complexity index is 1910. The third-order valence-electron chi connectivity index (χ3n) is 8.76. The van der Waals surface area contributed by atoms with Gasteiger partial charge in [0.2, 0.25) is 0 Å². The Labute approximate surface area is 239 Å². The van der Waals surface area contributed by atoms with Crippen molar-refractivity contribution in [1.29, 1.82) is 0 Å². The summed E-state index contributed by atoms with van der Waals surface area (Å²) in [5.41, 5.74) is 7.71. The summed E-state index contributed by atoms with van der Waals surface area (Å²) in [5.74, 6) is 5.15. The molecule has 0 spiro atoms. The van der Waals surface area contributed by atoms with Crippen molar-refractivity contribution in [2.75, 3.05) is 14.4 Å². The first kappa shape index (κ1) is 22.5. The molecule has 0 radical (unpaired) electrons. The van der Waals surface area contributed by atoms with E-state index in [-0.39, 0.29) is 14.0 Å². The lowest BCUT2D eigenvalue weighted by atomic mass is 9.71. The molecule has 1 aliphatic carbocycles. The molecule has 0 N–H and O–H groups in total. The average Bonchev–Trinajstić information content (AvgIpc) is 3.64. The van der Waals surface area contributed by atoms with Crippen molar-refractivity contribution in [3.63, 3.8) is 0 Å². The molecule has 0 saturated carbocycles. The molecule has 4 aliphatic heterocycles. The van der Waals surface area contributed by atoms with E-state index in [9.17, 15) is 0 Å². The zero-order chi connectivity index (χ0) is 26.4. The molecule has 1 atom stereocenters. The van der Waals surface area contributed by atoms with Gasteiger partial charge in [-0.15, -0.1) is 11.3 Å². The number of anilines is 4. The van der Waals surface area contributed by atoms with Gasteiger partial charge in [0.25, 0.3) is 0 Å². The van der Waals surface area contributed by atoms with Crippen molar-refractivity contribution in [2.45, 2.75) is 13.3 Å². The lowest BCUT2D eigenvalue weighted by molar-refractivity contribution is 0.594. The number of thiophene rings is 1. The number of hydrogen-bond acceptors (Lipinski definition) is 5. The van der Waals surface area contributed by atoms with Crippen molar-refractivity contribution >= 4 is 68.2 Å². The fraction of sp³-hybridized carbons (Fsp3) is 0.0909. The Morgan fingerprint density at radius 3 is 2.12 bits per heavy atom. The Kier molecular flexibility index (Phi) is 4.68. The smallest absolute Gasteiger partial charge is 0.370 e. The molecule has 5 heterocycles. The number of hydrogen-bond donors (Lipinski definition) is 0. The molecule has 7 heteroatoms.